The van der Waals surface area contributed by atoms with Crippen LogP contribution in [-0.4, -0.2) is 11.9 Å². The Labute approximate surface area is 142 Å². The Morgan fingerprint density at radius 3 is 2.29 bits per heavy atom. The first-order chi connectivity index (χ1) is 11.5. The fourth-order valence-electron chi connectivity index (χ4n) is 2.85. The Balaban J connectivity index is 1.88. The predicted molar refractivity (Wildman–Crippen MR) is 99.0 cm³/mol. The predicted octanol–water partition coefficient (Wildman–Crippen LogP) is 3.97. The molecule has 0 spiro atoms. The minimum Gasteiger partial charge on any atom is -0.344 e. The SMILES string of the molecule is Cc1ccc(C(=O)NC(c2ccc3ccccc3c2)C(C)N)cc1. The zero-order valence-electron chi connectivity index (χ0n) is 14.0. The molecule has 0 saturated carbocycles. The number of fused-ring (bicyclic) bond motifs is 1. The average Bonchev–Trinajstić information content (AvgIpc) is 2.59. The second-order valence-electron chi connectivity index (χ2n) is 6.28. The van der Waals surface area contributed by atoms with Gasteiger partial charge in [-0.3, -0.25) is 4.79 Å². The molecule has 1 amide bonds. The summed E-state index contributed by atoms with van der Waals surface area (Å²) in [5, 5.41) is 5.39. The second kappa shape index (κ2) is 6.85. The summed E-state index contributed by atoms with van der Waals surface area (Å²) in [6.07, 6.45) is 0. The highest BCUT2D eigenvalue weighted by Gasteiger charge is 2.19. The molecule has 24 heavy (non-hydrogen) atoms. The molecule has 3 heteroatoms. The first-order valence-electron chi connectivity index (χ1n) is 8.16. The highest BCUT2D eigenvalue weighted by molar-refractivity contribution is 5.94. The van der Waals surface area contributed by atoms with Crippen molar-refractivity contribution in [3.8, 4) is 0 Å². The Morgan fingerprint density at radius 1 is 0.958 bits per heavy atom. The minimum absolute atomic E-state index is 0.106. The summed E-state index contributed by atoms with van der Waals surface area (Å²) in [6, 6.07) is 21.5. The minimum atomic E-state index is -0.233. The van der Waals surface area contributed by atoms with Crippen LogP contribution in [0.15, 0.2) is 66.7 Å². The van der Waals surface area contributed by atoms with E-state index in [1.165, 1.54) is 5.39 Å². The number of aryl methyl sites for hydroxylation is 1. The Bertz CT molecular complexity index is 853. The monoisotopic (exact) mass is 318 g/mol. The quantitative estimate of drug-likeness (QED) is 0.765. The van der Waals surface area contributed by atoms with Crippen LogP contribution in [0.1, 0.15) is 34.5 Å². The summed E-state index contributed by atoms with van der Waals surface area (Å²) in [6.45, 7) is 3.91. The first-order valence-corrected chi connectivity index (χ1v) is 8.16. The van der Waals surface area contributed by atoms with E-state index < -0.39 is 0 Å². The van der Waals surface area contributed by atoms with E-state index in [0.29, 0.717) is 5.56 Å². The lowest BCUT2D eigenvalue weighted by atomic mass is 9.97. The number of nitrogens with two attached hydrogens (primary N) is 1. The van der Waals surface area contributed by atoms with Crippen LogP contribution in [0.5, 0.6) is 0 Å². The Kier molecular flexibility index (Phi) is 4.63. The maximum Gasteiger partial charge on any atom is 0.251 e. The average molecular weight is 318 g/mol. The van der Waals surface area contributed by atoms with Gasteiger partial charge in [-0.2, -0.15) is 0 Å². The molecule has 3 nitrogen and oxygen atoms in total. The molecule has 0 saturated heterocycles. The molecular weight excluding hydrogens is 296 g/mol. The van der Waals surface area contributed by atoms with Crippen molar-refractivity contribution < 1.29 is 4.79 Å². The van der Waals surface area contributed by atoms with Crippen molar-refractivity contribution in [2.75, 3.05) is 0 Å². The van der Waals surface area contributed by atoms with E-state index in [1.807, 2.05) is 56.3 Å². The second-order valence-corrected chi connectivity index (χ2v) is 6.28. The Morgan fingerprint density at radius 2 is 1.62 bits per heavy atom. The van der Waals surface area contributed by atoms with Crippen LogP contribution in [0.4, 0.5) is 0 Å². The number of rotatable bonds is 4. The lowest BCUT2D eigenvalue weighted by molar-refractivity contribution is 0.0931. The molecule has 3 rings (SSSR count). The molecule has 2 unspecified atom stereocenters. The van der Waals surface area contributed by atoms with Gasteiger partial charge in [-0.05, 0) is 48.4 Å². The van der Waals surface area contributed by atoms with Crippen molar-refractivity contribution in [2.45, 2.75) is 25.9 Å². The van der Waals surface area contributed by atoms with Crippen molar-refractivity contribution >= 4 is 16.7 Å². The zero-order valence-corrected chi connectivity index (χ0v) is 14.0. The van der Waals surface area contributed by atoms with Crippen LogP contribution >= 0.6 is 0 Å². The van der Waals surface area contributed by atoms with E-state index in [9.17, 15) is 4.79 Å². The van der Waals surface area contributed by atoms with Gasteiger partial charge in [0.25, 0.3) is 5.91 Å². The highest BCUT2D eigenvalue weighted by Crippen LogP contribution is 2.22. The number of carbonyl (C=O) groups excluding carboxylic acids is 1. The number of hydrogen-bond donors (Lipinski definition) is 2. The van der Waals surface area contributed by atoms with E-state index in [0.717, 1.165) is 16.5 Å². The molecule has 3 N–H and O–H groups in total. The molecule has 3 aromatic carbocycles. The topological polar surface area (TPSA) is 55.1 Å². The van der Waals surface area contributed by atoms with Gasteiger partial charge in [0.05, 0.1) is 6.04 Å². The molecule has 0 aromatic heterocycles. The van der Waals surface area contributed by atoms with Gasteiger partial charge in [-0.1, -0.05) is 54.1 Å². The third-order valence-corrected chi connectivity index (χ3v) is 4.26. The van der Waals surface area contributed by atoms with Gasteiger partial charge in [-0.15, -0.1) is 0 Å². The van der Waals surface area contributed by atoms with Crippen molar-refractivity contribution in [1.29, 1.82) is 0 Å². The number of benzene rings is 3. The van der Waals surface area contributed by atoms with Gasteiger partial charge in [0, 0.05) is 11.6 Å². The third kappa shape index (κ3) is 3.47. The molecule has 2 atom stereocenters. The number of amides is 1. The van der Waals surface area contributed by atoms with Gasteiger partial charge in [0.1, 0.15) is 0 Å². The number of nitrogens with one attached hydrogen (secondary N) is 1. The first kappa shape index (κ1) is 16.2. The van der Waals surface area contributed by atoms with Gasteiger partial charge in [0.15, 0.2) is 0 Å². The summed E-state index contributed by atoms with van der Waals surface area (Å²) >= 11 is 0. The summed E-state index contributed by atoms with van der Waals surface area (Å²) in [4.78, 5) is 12.5. The van der Waals surface area contributed by atoms with Crippen LogP contribution in [0, 0.1) is 6.92 Å². The summed E-state index contributed by atoms with van der Waals surface area (Å²) in [7, 11) is 0. The van der Waals surface area contributed by atoms with E-state index in [4.69, 9.17) is 5.73 Å². The molecule has 122 valence electrons. The third-order valence-electron chi connectivity index (χ3n) is 4.26. The fourth-order valence-corrected chi connectivity index (χ4v) is 2.85. The number of hydrogen-bond acceptors (Lipinski definition) is 2. The lowest BCUT2D eigenvalue weighted by Crippen LogP contribution is -2.39. The van der Waals surface area contributed by atoms with Crippen molar-refractivity contribution in [1.82, 2.24) is 5.32 Å². The molecule has 0 aliphatic rings. The van der Waals surface area contributed by atoms with Crippen LogP contribution in [0.2, 0.25) is 0 Å². The standard InChI is InChI=1S/C21H22N2O/c1-14-7-9-17(10-8-14)21(24)23-20(15(2)22)19-12-11-16-5-3-4-6-18(16)13-19/h3-13,15,20H,22H2,1-2H3,(H,23,24). The number of carbonyl (C=O) groups is 1. The highest BCUT2D eigenvalue weighted by atomic mass is 16.1. The van der Waals surface area contributed by atoms with E-state index in [-0.39, 0.29) is 18.0 Å². The molecule has 0 bridgehead atoms. The zero-order chi connectivity index (χ0) is 17.1. The van der Waals surface area contributed by atoms with E-state index in [1.54, 1.807) is 0 Å². The fraction of sp³-hybridized carbons (Fsp3) is 0.190. The largest absolute Gasteiger partial charge is 0.344 e. The molecule has 3 aromatic rings. The van der Waals surface area contributed by atoms with Crippen LogP contribution in [0.25, 0.3) is 10.8 Å². The van der Waals surface area contributed by atoms with Gasteiger partial charge in [0.2, 0.25) is 0 Å². The van der Waals surface area contributed by atoms with Gasteiger partial charge < -0.3 is 11.1 Å². The molecule has 0 aliphatic heterocycles. The van der Waals surface area contributed by atoms with E-state index >= 15 is 0 Å². The molecule has 0 heterocycles. The maximum absolute atomic E-state index is 12.5. The van der Waals surface area contributed by atoms with Gasteiger partial charge >= 0.3 is 0 Å². The Hall–Kier alpha value is -2.65. The van der Waals surface area contributed by atoms with Crippen LogP contribution in [0.3, 0.4) is 0 Å². The van der Waals surface area contributed by atoms with E-state index in [2.05, 4.69) is 29.6 Å². The van der Waals surface area contributed by atoms with Crippen LogP contribution < -0.4 is 11.1 Å². The van der Waals surface area contributed by atoms with Crippen molar-refractivity contribution in [3.05, 3.63) is 83.4 Å². The molecular formula is C21H22N2O. The summed E-state index contributed by atoms with van der Waals surface area (Å²) in [5.41, 5.74) is 8.94. The normalized spacial score (nSPS) is 13.5. The molecule has 0 aliphatic carbocycles. The van der Waals surface area contributed by atoms with Crippen LogP contribution in [-0.2, 0) is 0 Å². The van der Waals surface area contributed by atoms with Gasteiger partial charge in [-0.25, -0.2) is 0 Å². The molecule has 0 radical (unpaired) electrons. The maximum atomic E-state index is 12.5. The lowest BCUT2D eigenvalue weighted by Gasteiger charge is -2.23. The van der Waals surface area contributed by atoms with Crippen molar-refractivity contribution in [3.63, 3.8) is 0 Å². The van der Waals surface area contributed by atoms with Crippen molar-refractivity contribution in [2.24, 2.45) is 5.73 Å². The summed E-state index contributed by atoms with van der Waals surface area (Å²) < 4.78 is 0. The summed E-state index contributed by atoms with van der Waals surface area (Å²) in [5.74, 6) is -0.106. The smallest absolute Gasteiger partial charge is 0.251 e. The molecule has 0 fully saturated rings.